The molecule has 1 N–H and O–H groups in total. The smallest absolute Gasteiger partial charge is 0.200 e. The molecule has 0 aliphatic heterocycles. The van der Waals surface area contributed by atoms with E-state index >= 15 is 0 Å². The lowest BCUT2D eigenvalue weighted by molar-refractivity contribution is 0.303. The van der Waals surface area contributed by atoms with Gasteiger partial charge in [-0.15, -0.1) is 0 Å². The molecule has 0 saturated heterocycles. The highest BCUT2D eigenvalue weighted by atomic mass is 19.2. The molecule has 16 heavy (non-hydrogen) atoms. The normalized spacial score (nSPS) is 11.4. The number of aliphatic hydroxyl groups excluding tert-OH is 1. The van der Waals surface area contributed by atoms with E-state index in [9.17, 15) is 22.0 Å². The lowest BCUT2D eigenvalue weighted by atomic mass is 10.1. The summed E-state index contributed by atoms with van der Waals surface area (Å²) >= 11 is 0. The molecule has 1 nitrogen and oxygen atoms in total. The molecule has 0 radical (unpaired) electrons. The van der Waals surface area contributed by atoms with E-state index in [2.05, 4.69) is 0 Å². The fraction of sp³-hybridized carbons (Fsp3) is 0.200. The van der Waals surface area contributed by atoms with Gasteiger partial charge in [-0.3, -0.25) is 0 Å². The van der Waals surface area contributed by atoms with Crippen LogP contribution in [0.5, 0.6) is 0 Å². The van der Waals surface area contributed by atoms with Crippen LogP contribution in [0, 0.1) is 29.1 Å². The maximum Gasteiger partial charge on any atom is 0.200 e. The monoisotopic (exact) mass is 238 g/mol. The molecule has 0 aliphatic carbocycles. The van der Waals surface area contributed by atoms with Gasteiger partial charge >= 0.3 is 0 Å². The highest BCUT2D eigenvalue weighted by Crippen LogP contribution is 2.23. The number of hydrogen-bond acceptors (Lipinski definition) is 1. The number of aliphatic hydroxyl groups is 1. The molecule has 0 atom stereocenters. The molecule has 0 spiro atoms. The van der Waals surface area contributed by atoms with E-state index in [-0.39, 0.29) is 13.0 Å². The van der Waals surface area contributed by atoms with Gasteiger partial charge < -0.3 is 5.11 Å². The predicted octanol–water partition coefficient (Wildman–Crippen LogP) is 2.78. The van der Waals surface area contributed by atoms with Crippen LogP contribution in [0.2, 0.25) is 0 Å². The molecule has 88 valence electrons. The summed E-state index contributed by atoms with van der Waals surface area (Å²) in [5, 5.41) is 8.39. The van der Waals surface area contributed by atoms with E-state index in [0.29, 0.717) is 0 Å². The van der Waals surface area contributed by atoms with Gasteiger partial charge in [-0.2, -0.15) is 0 Å². The predicted molar refractivity (Wildman–Crippen MR) is 47.0 cm³/mol. The van der Waals surface area contributed by atoms with Crippen molar-refractivity contribution in [3.63, 3.8) is 0 Å². The van der Waals surface area contributed by atoms with E-state index in [4.69, 9.17) is 5.11 Å². The van der Waals surface area contributed by atoms with Crippen LogP contribution < -0.4 is 0 Å². The summed E-state index contributed by atoms with van der Waals surface area (Å²) in [6.45, 7) is -0.286. The number of hydrogen-bond donors (Lipinski definition) is 1. The Labute approximate surface area is 87.8 Å². The van der Waals surface area contributed by atoms with E-state index in [0.717, 1.165) is 12.2 Å². The summed E-state index contributed by atoms with van der Waals surface area (Å²) in [6.07, 6.45) is 1.91. The van der Waals surface area contributed by atoms with Gasteiger partial charge in [-0.05, 0) is 6.42 Å². The summed E-state index contributed by atoms with van der Waals surface area (Å²) in [5.41, 5.74) is -1.01. The van der Waals surface area contributed by atoms with Crippen molar-refractivity contribution in [1.29, 1.82) is 0 Å². The summed E-state index contributed by atoms with van der Waals surface area (Å²) in [4.78, 5) is 0. The number of benzene rings is 1. The second-order valence-electron chi connectivity index (χ2n) is 2.90. The molecular weight excluding hydrogens is 231 g/mol. The van der Waals surface area contributed by atoms with Crippen molar-refractivity contribution < 1.29 is 27.1 Å². The van der Waals surface area contributed by atoms with Crippen molar-refractivity contribution in [2.24, 2.45) is 0 Å². The molecule has 0 amide bonds. The zero-order valence-corrected chi connectivity index (χ0v) is 7.91. The molecule has 1 aromatic carbocycles. The Kier molecular flexibility index (Phi) is 4.00. The minimum absolute atomic E-state index is 0.0551. The van der Waals surface area contributed by atoms with Crippen LogP contribution in [-0.4, -0.2) is 11.7 Å². The van der Waals surface area contributed by atoms with Crippen molar-refractivity contribution in [3.8, 4) is 0 Å². The van der Waals surface area contributed by atoms with Gasteiger partial charge in [0.05, 0.1) is 5.56 Å². The van der Waals surface area contributed by atoms with Crippen molar-refractivity contribution in [2.45, 2.75) is 6.42 Å². The van der Waals surface area contributed by atoms with Crippen molar-refractivity contribution in [1.82, 2.24) is 0 Å². The zero-order chi connectivity index (χ0) is 12.3. The molecule has 0 aromatic heterocycles. The first-order valence-electron chi connectivity index (χ1n) is 4.29. The SMILES string of the molecule is OCCC=Cc1c(F)c(F)c(F)c(F)c1F. The van der Waals surface area contributed by atoms with Gasteiger partial charge in [-0.25, -0.2) is 22.0 Å². The van der Waals surface area contributed by atoms with Gasteiger partial charge in [0.2, 0.25) is 5.82 Å². The highest BCUT2D eigenvalue weighted by molar-refractivity contribution is 5.51. The van der Waals surface area contributed by atoms with Crippen molar-refractivity contribution in [2.75, 3.05) is 6.61 Å². The molecule has 0 heterocycles. The van der Waals surface area contributed by atoms with Crippen molar-refractivity contribution in [3.05, 3.63) is 40.7 Å². The van der Waals surface area contributed by atoms with Gasteiger partial charge in [0.15, 0.2) is 23.3 Å². The van der Waals surface area contributed by atoms with Crippen LogP contribution >= 0.6 is 0 Å². The van der Waals surface area contributed by atoms with Crippen LogP contribution in [0.15, 0.2) is 6.08 Å². The minimum Gasteiger partial charge on any atom is -0.396 e. The number of rotatable bonds is 3. The first-order valence-corrected chi connectivity index (χ1v) is 4.29. The standard InChI is InChI=1S/C10H7F5O/c11-6-5(3-1-2-4-16)7(12)9(14)10(15)8(6)13/h1,3,16H,2,4H2. The fourth-order valence-corrected chi connectivity index (χ4v) is 1.04. The third kappa shape index (κ3) is 2.21. The molecule has 0 aliphatic rings. The Morgan fingerprint density at radius 1 is 0.812 bits per heavy atom. The van der Waals surface area contributed by atoms with Crippen LogP contribution in [0.4, 0.5) is 22.0 Å². The van der Waals surface area contributed by atoms with Crippen molar-refractivity contribution >= 4 is 6.08 Å². The zero-order valence-electron chi connectivity index (χ0n) is 7.91. The molecule has 0 fully saturated rings. The highest BCUT2D eigenvalue weighted by Gasteiger charge is 2.23. The van der Waals surface area contributed by atoms with Crippen LogP contribution in [0.25, 0.3) is 6.08 Å². The molecule has 0 bridgehead atoms. The van der Waals surface area contributed by atoms with Gasteiger partial charge in [0.25, 0.3) is 0 Å². The van der Waals surface area contributed by atoms with Crippen LogP contribution in [0.1, 0.15) is 12.0 Å². The Morgan fingerprint density at radius 2 is 1.25 bits per heavy atom. The van der Waals surface area contributed by atoms with Gasteiger partial charge in [0, 0.05) is 6.61 Å². The van der Waals surface area contributed by atoms with E-state index in [1.165, 1.54) is 0 Å². The van der Waals surface area contributed by atoms with E-state index < -0.39 is 34.6 Å². The average Bonchev–Trinajstić information content (AvgIpc) is 2.28. The third-order valence-electron chi connectivity index (χ3n) is 1.82. The second-order valence-corrected chi connectivity index (χ2v) is 2.90. The largest absolute Gasteiger partial charge is 0.396 e. The summed E-state index contributed by atoms with van der Waals surface area (Å²) in [5.74, 6) is -9.92. The topological polar surface area (TPSA) is 20.2 Å². The van der Waals surface area contributed by atoms with Gasteiger partial charge in [-0.1, -0.05) is 12.2 Å². The molecule has 0 unspecified atom stereocenters. The Morgan fingerprint density at radius 3 is 1.69 bits per heavy atom. The quantitative estimate of drug-likeness (QED) is 0.487. The maximum absolute atomic E-state index is 13.0. The summed E-state index contributed by atoms with van der Waals surface area (Å²) in [6, 6.07) is 0. The lowest BCUT2D eigenvalue weighted by Crippen LogP contribution is -2.03. The van der Waals surface area contributed by atoms with Gasteiger partial charge in [0.1, 0.15) is 0 Å². The lowest BCUT2D eigenvalue weighted by Gasteiger charge is -2.03. The summed E-state index contributed by atoms with van der Waals surface area (Å²) in [7, 11) is 0. The van der Waals surface area contributed by atoms with Crippen LogP contribution in [-0.2, 0) is 0 Å². The Balaban J connectivity index is 3.29. The minimum atomic E-state index is -2.19. The Hall–Kier alpha value is -1.43. The van der Waals surface area contributed by atoms with E-state index in [1.54, 1.807) is 0 Å². The summed E-state index contributed by atoms with van der Waals surface area (Å²) < 4.78 is 63.9. The molecule has 1 aromatic rings. The maximum atomic E-state index is 13.0. The van der Waals surface area contributed by atoms with E-state index in [1.807, 2.05) is 0 Å². The fourth-order valence-electron chi connectivity index (χ4n) is 1.04. The van der Waals surface area contributed by atoms with Crippen LogP contribution in [0.3, 0.4) is 0 Å². The average molecular weight is 238 g/mol. The first kappa shape index (κ1) is 12.6. The first-order chi connectivity index (χ1) is 7.50. The number of halogens is 5. The second kappa shape index (κ2) is 5.07. The molecule has 6 heteroatoms. The molecule has 0 saturated carbocycles. The molecule has 1 rings (SSSR count). The third-order valence-corrected chi connectivity index (χ3v) is 1.82. The molecular formula is C10H7F5O. The Bertz CT molecular complexity index is 399.